The monoisotopic (exact) mass is 657 g/mol. The first-order valence-electron chi connectivity index (χ1n) is 12.4. The van der Waals surface area contributed by atoms with Gasteiger partial charge in [-0.2, -0.15) is 9.78 Å². The van der Waals surface area contributed by atoms with Gasteiger partial charge in [-0.05, 0) is 43.2 Å². The standard InChI is InChI=1S/C29H26Br2ClN3O3/c1-37-26-15-22(32)13-20(27(26)38-17-19-11-12-21(30)14-24(19)31)16-33-35-28(18-7-3-2-4-8-18)34-25-10-6-5-9-23(25)29(35)36/h5-6,9-16,18H,2-4,7-8,17H2,1H3. The SMILES string of the molecule is COc1cc(Cl)cc(C=Nn2c(C3CCCCC3)nc3ccccc3c2=O)c1OCc1ccc(Br)cc1Br. The molecule has 3 aromatic carbocycles. The molecule has 1 fully saturated rings. The van der Waals surface area contributed by atoms with Crippen LogP contribution in [0.2, 0.25) is 5.02 Å². The first kappa shape index (κ1) is 26.9. The number of benzene rings is 3. The highest BCUT2D eigenvalue weighted by molar-refractivity contribution is 9.11. The number of hydrogen-bond acceptors (Lipinski definition) is 5. The highest BCUT2D eigenvalue weighted by atomic mass is 79.9. The number of methoxy groups -OCH3 is 1. The van der Waals surface area contributed by atoms with Gasteiger partial charge in [-0.25, -0.2) is 4.98 Å². The van der Waals surface area contributed by atoms with Crippen LogP contribution >= 0.6 is 43.5 Å². The van der Waals surface area contributed by atoms with Crippen LogP contribution in [0.5, 0.6) is 11.5 Å². The van der Waals surface area contributed by atoms with Crippen molar-refractivity contribution in [3.05, 3.63) is 95.9 Å². The third-order valence-corrected chi connectivity index (χ3v) is 8.17. The van der Waals surface area contributed by atoms with Gasteiger partial charge < -0.3 is 9.47 Å². The van der Waals surface area contributed by atoms with E-state index < -0.39 is 0 Å². The van der Waals surface area contributed by atoms with Crippen LogP contribution in [0.1, 0.15) is 55.0 Å². The average molecular weight is 660 g/mol. The van der Waals surface area contributed by atoms with Crippen LogP contribution in [0, 0.1) is 0 Å². The van der Waals surface area contributed by atoms with E-state index in [1.165, 1.54) is 11.1 Å². The number of halogens is 3. The molecule has 1 saturated carbocycles. The second kappa shape index (κ2) is 12.0. The third kappa shape index (κ3) is 5.82. The van der Waals surface area contributed by atoms with Crippen molar-refractivity contribution in [1.82, 2.24) is 9.66 Å². The van der Waals surface area contributed by atoms with Crippen molar-refractivity contribution in [1.29, 1.82) is 0 Å². The van der Waals surface area contributed by atoms with Crippen LogP contribution in [-0.4, -0.2) is 23.0 Å². The maximum absolute atomic E-state index is 13.6. The molecule has 1 aromatic heterocycles. The molecule has 0 radical (unpaired) electrons. The van der Waals surface area contributed by atoms with Crippen molar-refractivity contribution in [2.24, 2.45) is 5.10 Å². The van der Waals surface area contributed by atoms with Crippen molar-refractivity contribution in [3.63, 3.8) is 0 Å². The molecule has 0 bridgehead atoms. The fourth-order valence-electron chi connectivity index (χ4n) is 4.78. The summed E-state index contributed by atoms with van der Waals surface area (Å²) in [5.41, 5.74) is 2.06. The van der Waals surface area contributed by atoms with Gasteiger partial charge in [-0.1, -0.05) is 80.9 Å². The minimum atomic E-state index is -0.192. The first-order valence-corrected chi connectivity index (χ1v) is 14.4. The lowest BCUT2D eigenvalue weighted by molar-refractivity contribution is 0.283. The van der Waals surface area contributed by atoms with E-state index >= 15 is 0 Å². The van der Waals surface area contributed by atoms with E-state index in [-0.39, 0.29) is 18.1 Å². The molecule has 196 valence electrons. The van der Waals surface area contributed by atoms with Gasteiger partial charge >= 0.3 is 0 Å². The zero-order chi connectivity index (χ0) is 26.6. The summed E-state index contributed by atoms with van der Waals surface area (Å²) in [7, 11) is 1.56. The Hall–Kier alpha value is -2.68. The van der Waals surface area contributed by atoms with Crippen molar-refractivity contribution in [2.75, 3.05) is 7.11 Å². The smallest absolute Gasteiger partial charge is 0.282 e. The van der Waals surface area contributed by atoms with Gasteiger partial charge in [0.25, 0.3) is 5.56 Å². The topological polar surface area (TPSA) is 65.7 Å². The highest BCUT2D eigenvalue weighted by Crippen LogP contribution is 2.36. The van der Waals surface area contributed by atoms with E-state index in [1.54, 1.807) is 31.5 Å². The van der Waals surface area contributed by atoms with Crippen molar-refractivity contribution in [3.8, 4) is 11.5 Å². The Morgan fingerprint density at radius 2 is 1.89 bits per heavy atom. The second-order valence-corrected chi connectivity index (χ2v) is 11.4. The molecule has 0 atom stereocenters. The molecule has 0 unspecified atom stereocenters. The minimum Gasteiger partial charge on any atom is -0.493 e. The molecule has 0 saturated heterocycles. The van der Waals surface area contributed by atoms with Crippen LogP contribution in [0.15, 0.2) is 73.4 Å². The Labute approximate surface area is 242 Å². The second-order valence-electron chi connectivity index (χ2n) is 9.23. The number of aromatic nitrogens is 2. The molecule has 38 heavy (non-hydrogen) atoms. The molecule has 5 rings (SSSR count). The fraction of sp³-hybridized carbons (Fsp3) is 0.276. The lowest BCUT2D eigenvalue weighted by atomic mass is 9.88. The molecule has 0 N–H and O–H groups in total. The highest BCUT2D eigenvalue weighted by Gasteiger charge is 2.22. The number of fused-ring (bicyclic) bond motifs is 1. The van der Waals surface area contributed by atoms with E-state index in [9.17, 15) is 4.79 Å². The van der Waals surface area contributed by atoms with Gasteiger partial charge in [-0.3, -0.25) is 4.79 Å². The first-order chi connectivity index (χ1) is 18.4. The fourth-order valence-corrected chi connectivity index (χ4v) is 6.16. The van der Waals surface area contributed by atoms with Crippen molar-refractivity contribution < 1.29 is 9.47 Å². The van der Waals surface area contributed by atoms with Gasteiger partial charge in [0.1, 0.15) is 12.4 Å². The Morgan fingerprint density at radius 1 is 1.11 bits per heavy atom. The molecule has 1 aliphatic rings. The van der Waals surface area contributed by atoms with Crippen LogP contribution in [0.25, 0.3) is 10.9 Å². The number of rotatable bonds is 7. The Balaban J connectivity index is 1.57. The molecule has 0 amide bonds. The summed E-state index contributed by atoms with van der Waals surface area (Å²) in [6.07, 6.45) is 7.02. The Morgan fingerprint density at radius 3 is 2.66 bits per heavy atom. The van der Waals surface area contributed by atoms with Crippen LogP contribution in [0.4, 0.5) is 0 Å². The molecule has 0 spiro atoms. The number of ether oxygens (including phenoxy) is 2. The zero-order valence-corrected chi connectivity index (χ0v) is 24.7. The normalized spacial score (nSPS) is 14.3. The summed E-state index contributed by atoms with van der Waals surface area (Å²) < 4.78 is 15.1. The van der Waals surface area contributed by atoms with Gasteiger partial charge in [0.15, 0.2) is 11.5 Å². The van der Waals surface area contributed by atoms with Gasteiger partial charge in [0, 0.05) is 37.1 Å². The Bertz CT molecular complexity index is 1570. The summed E-state index contributed by atoms with van der Waals surface area (Å²) in [4.78, 5) is 18.5. The van der Waals surface area contributed by atoms with Gasteiger partial charge in [-0.15, -0.1) is 0 Å². The van der Waals surface area contributed by atoms with E-state index in [2.05, 4.69) is 37.0 Å². The number of hydrogen-bond donors (Lipinski definition) is 0. The van der Waals surface area contributed by atoms with Gasteiger partial charge in [0.05, 0.1) is 24.2 Å². The molecule has 0 aliphatic heterocycles. The average Bonchev–Trinajstić information content (AvgIpc) is 2.93. The zero-order valence-electron chi connectivity index (χ0n) is 20.8. The van der Waals surface area contributed by atoms with E-state index in [1.807, 2.05) is 36.4 Å². The maximum atomic E-state index is 13.6. The Kier molecular flexibility index (Phi) is 8.51. The number of nitrogens with zero attached hydrogens (tertiary/aromatic N) is 3. The summed E-state index contributed by atoms with van der Waals surface area (Å²) in [5, 5.41) is 5.67. The number of para-hydroxylation sites is 1. The van der Waals surface area contributed by atoms with E-state index in [4.69, 9.17) is 26.1 Å². The lowest BCUT2D eigenvalue weighted by Crippen LogP contribution is -2.25. The van der Waals surface area contributed by atoms with Crippen LogP contribution in [0.3, 0.4) is 0 Å². The van der Waals surface area contributed by atoms with E-state index in [0.717, 1.165) is 40.2 Å². The predicted molar refractivity (Wildman–Crippen MR) is 159 cm³/mol. The summed E-state index contributed by atoms with van der Waals surface area (Å²) >= 11 is 13.5. The summed E-state index contributed by atoms with van der Waals surface area (Å²) in [6.45, 7) is 0.289. The van der Waals surface area contributed by atoms with E-state index in [0.29, 0.717) is 38.8 Å². The quantitative estimate of drug-likeness (QED) is 0.188. The largest absolute Gasteiger partial charge is 0.493 e. The molecule has 9 heteroatoms. The van der Waals surface area contributed by atoms with Gasteiger partial charge in [0.2, 0.25) is 0 Å². The third-order valence-electron chi connectivity index (χ3n) is 6.72. The molecule has 6 nitrogen and oxygen atoms in total. The molecular weight excluding hydrogens is 634 g/mol. The predicted octanol–water partition coefficient (Wildman–Crippen LogP) is 8.09. The summed E-state index contributed by atoms with van der Waals surface area (Å²) in [5.74, 6) is 1.83. The van der Waals surface area contributed by atoms with Crippen LogP contribution < -0.4 is 15.0 Å². The maximum Gasteiger partial charge on any atom is 0.282 e. The minimum absolute atomic E-state index is 0.178. The molecular formula is C29H26Br2ClN3O3. The molecule has 4 aromatic rings. The molecule has 1 aliphatic carbocycles. The summed E-state index contributed by atoms with van der Waals surface area (Å²) in [6, 6.07) is 16.7. The van der Waals surface area contributed by atoms with Crippen molar-refractivity contribution in [2.45, 2.75) is 44.6 Å². The van der Waals surface area contributed by atoms with Crippen molar-refractivity contribution >= 4 is 60.6 Å². The molecule has 1 heterocycles. The van der Waals surface area contributed by atoms with Crippen LogP contribution in [-0.2, 0) is 6.61 Å². The lowest BCUT2D eigenvalue weighted by Gasteiger charge is -2.22.